The minimum Gasteiger partial charge on any atom is -0.454 e. The van der Waals surface area contributed by atoms with E-state index >= 15 is 0 Å². The monoisotopic (exact) mass is 1540 g/mol. The minimum atomic E-state index is -2.53. The Kier molecular flexibility index (Phi) is 16.7. The lowest BCUT2D eigenvalue weighted by atomic mass is 9.70. The molecule has 21 rings (SSSR count). The lowest BCUT2D eigenvalue weighted by molar-refractivity contribution is 0.590. The maximum Gasteiger partial charge on any atom is 0.160 e. The number of fused-ring (bicyclic) bond motifs is 18. The summed E-state index contributed by atoms with van der Waals surface area (Å²) in [6, 6.07) is 146. The fourth-order valence-corrected chi connectivity index (χ4v) is 27.1. The van der Waals surface area contributed by atoms with Crippen molar-refractivity contribution in [3.05, 3.63) is 422 Å². The van der Waals surface area contributed by atoms with Crippen LogP contribution in [-0.2, 0) is 16.2 Å². The predicted molar refractivity (Wildman–Crippen MR) is 499 cm³/mol. The van der Waals surface area contributed by atoms with Gasteiger partial charge in [-0.05, 0) is 192 Å². The zero-order valence-corrected chi connectivity index (χ0v) is 69.2. The van der Waals surface area contributed by atoms with Crippen LogP contribution < -0.4 is 40.9 Å². The van der Waals surface area contributed by atoms with E-state index in [9.17, 15) is 0 Å². The summed E-state index contributed by atoms with van der Waals surface area (Å²) in [7, 11) is -5.06. The third kappa shape index (κ3) is 11.2. The van der Waals surface area contributed by atoms with E-state index in [4.69, 9.17) is 8.83 Å². The van der Waals surface area contributed by atoms with E-state index in [0.29, 0.717) is 0 Å². The highest BCUT2D eigenvalue weighted by Crippen LogP contribution is 2.66. The molecule has 562 valence electrons. The van der Waals surface area contributed by atoms with Gasteiger partial charge in [-0.3, -0.25) is 0 Å². The molecule has 0 amide bonds. The fourth-order valence-electron chi connectivity index (χ4n) is 19.9. The Balaban J connectivity index is 0.796. The maximum absolute atomic E-state index is 7.53. The molecule has 6 heteroatoms. The highest BCUT2D eigenvalue weighted by Gasteiger charge is 2.53. The predicted octanol–water partition coefficient (Wildman–Crippen LogP) is 26.1. The van der Waals surface area contributed by atoms with Crippen LogP contribution in [-0.4, -0.2) is 16.1 Å². The number of benzene rings is 17. The van der Waals surface area contributed by atoms with Gasteiger partial charge in [0, 0.05) is 44.0 Å². The van der Waals surface area contributed by atoms with Crippen molar-refractivity contribution in [2.24, 2.45) is 0 Å². The average Bonchev–Trinajstić information content (AvgIpc) is 1.50. The summed E-state index contributed by atoms with van der Waals surface area (Å²) in [6.07, 6.45) is 0. The molecule has 2 heterocycles. The number of furan rings is 2. The van der Waals surface area contributed by atoms with Crippen LogP contribution in [0, 0.1) is 0 Å². The molecule has 0 atom stereocenters. The smallest absolute Gasteiger partial charge is 0.160 e. The van der Waals surface area contributed by atoms with Gasteiger partial charge in [-0.15, -0.1) is 0 Å². The van der Waals surface area contributed by atoms with E-state index in [1.807, 2.05) is 0 Å². The number of para-hydroxylation sites is 2. The van der Waals surface area contributed by atoms with Crippen molar-refractivity contribution in [3.63, 3.8) is 0 Å². The van der Waals surface area contributed by atoms with Crippen molar-refractivity contribution in [2.45, 2.75) is 70.9 Å². The third-order valence-corrected chi connectivity index (χ3v) is 34.8. The molecule has 0 aliphatic heterocycles. The molecule has 0 N–H and O–H groups in total. The summed E-state index contributed by atoms with van der Waals surface area (Å²) >= 11 is 0. The first-order valence-corrected chi connectivity index (χ1v) is 46.1. The number of anilines is 6. The van der Waals surface area contributed by atoms with Gasteiger partial charge in [0.05, 0.1) is 22.5 Å². The van der Waals surface area contributed by atoms with Crippen LogP contribution in [0.4, 0.5) is 34.1 Å². The van der Waals surface area contributed by atoms with E-state index < -0.39 is 21.6 Å². The Morgan fingerprint density at radius 1 is 0.256 bits per heavy atom. The second-order valence-electron chi connectivity index (χ2n) is 34.4. The Morgan fingerprint density at radius 2 is 0.624 bits per heavy atom. The average molecular weight is 1540 g/mol. The zero-order chi connectivity index (χ0) is 79.1. The van der Waals surface area contributed by atoms with Crippen LogP contribution in [0.25, 0.3) is 99.2 Å². The largest absolute Gasteiger partial charge is 0.454 e. The molecule has 19 aromatic rings. The summed E-state index contributed by atoms with van der Waals surface area (Å²) in [5, 5.41) is 14.8. The summed E-state index contributed by atoms with van der Waals surface area (Å²) < 4.78 is 15.0. The second kappa shape index (κ2) is 27.4. The molecule has 0 unspecified atom stereocenters. The Hall–Kier alpha value is -13.4. The van der Waals surface area contributed by atoms with E-state index in [2.05, 4.69) is 453 Å². The quantitative estimate of drug-likeness (QED) is 0.0802. The number of hydrogen-bond donors (Lipinski definition) is 0. The van der Waals surface area contributed by atoms with Crippen molar-refractivity contribution in [1.29, 1.82) is 0 Å². The molecule has 0 saturated carbocycles. The van der Waals surface area contributed by atoms with Crippen molar-refractivity contribution in [3.8, 4) is 44.5 Å². The lowest BCUT2D eigenvalue weighted by Gasteiger charge is -2.34. The number of rotatable bonds is 14. The van der Waals surface area contributed by atoms with Gasteiger partial charge < -0.3 is 18.6 Å². The first-order valence-electron chi connectivity index (χ1n) is 41.1. The van der Waals surface area contributed by atoms with Gasteiger partial charge >= 0.3 is 0 Å². The molecule has 0 radical (unpaired) electrons. The van der Waals surface area contributed by atoms with Crippen molar-refractivity contribution < 1.29 is 8.83 Å². The first-order chi connectivity index (χ1) is 57.1. The molecule has 0 saturated heterocycles. The Morgan fingerprint density at radius 3 is 1.08 bits per heavy atom. The molecule has 0 fully saturated rings. The highest BCUT2D eigenvalue weighted by atomic mass is 28.3. The molecule has 2 aromatic heterocycles. The number of hydrogen-bond acceptors (Lipinski definition) is 4. The summed E-state index contributed by atoms with van der Waals surface area (Å²) in [6.45, 7) is 18.8. The molecule has 17 aromatic carbocycles. The Bertz CT molecular complexity index is 6990. The molecular formula is C111H88N2O2Si2. The fraction of sp³-hybridized carbons (Fsp3) is 0.0991. The van der Waals surface area contributed by atoms with Crippen LogP contribution in [0.15, 0.2) is 397 Å². The maximum atomic E-state index is 7.53. The standard InChI is InChI=1S/C111H88N2O2Si2/c1-109(2,3)75-55-59-77(60-56-75)112(99-67-65-86(105-93-49-25-29-53-102(93)114-107(99)105)73-33-31-43-84(69-73)116(7,80-35-13-9-14-36-80)81-37-15-10-16-38-81)79-63-64-92-97(71-79)111(95-51-27-23-45-88(95)89-46-24-28-52-96(89)111)98-72-101(90-47-21-22-48-91(90)104(92)98)113(78-61-57-76(58-62-78)110(4,5)6)100-68-66-87(106-94-50-26-30-54-103(94)115-108(100)106)74-34-32-44-85(70-74)117(8,82-39-17-11-18-40-82)83-41-19-12-20-42-83/h9-72H,1-8H3. The molecule has 117 heavy (non-hydrogen) atoms. The highest BCUT2D eigenvalue weighted by molar-refractivity contribution is 7.11. The minimum absolute atomic E-state index is 0.0855. The van der Waals surface area contributed by atoms with E-state index in [0.717, 1.165) is 106 Å². The lowest BCUT2D eigenvalue weighted by Crippen LogP contribution is -2.64. The third-order valence-electron chi connectivity index (χ3n) is 25.9. The van der Waals surface area contributed by atoms with Gasteiger partial charge in [-0.2, -0.15) is 0 Å². The van der Waals surface area contributed by atoms with Crippen LogP contribution in [0.5, 0.6) is 0 Å². The molecule has 0 bridgehead atoms. The van der Waals surface area contributed by atoms with Crippen molar-refractivity contribution >= 4 is 136 Å². The van der Waals surface area contributed by atoms with Gasteiger partial charge in [0.1, 0.15) is 27.3 Å². The van der Waals surface area contributed by atoms with Crippen LogP contribution in [0.2, 0.25) is 13.1 Å². The van der Waals surface area contributed by atoms with Crippen LogP contribution >= 0.6 is 0 Å². The number of nitrogens with zero attached hydrogens (tertiary/aromatic N) is 2. The first kappa shape index (κ1) is 71.4. The molecule has 1 spiro atoms. The van der Waals surface area contributed by atoms with Gasteiger partial charge in [0.15, 0.2) is 11.2 Å². The van der Waals surface area contributed by atoms with Crippen LogP contribution in [0.3, 0.4) is 0 Å². The SMILES string of the molecule is CC(C)(C)c1ccc(N(c2ccc3c(c2)C2(c4ccccc4-c4ccccc42)c2cc(N(c4ccc(C(C)(C)C)cc4)c4ccc(-c5cccc([Si](C)(c6ccccc6)c6ccccc6)c5)c5c4oc4ccccc45)c4ccccc4c2-3)c2ccc(-c3cccc([Si](C)(c4ccccc4)c4ccccc4)c3)c3c2oc2ccccc23)cc1. The van der Waals surface area contributed by atoms with Crippen molar-refractivity contribution in [1.82, 2.24) is 0 Å². The molecular weight excluding hydrogens is 1450 g/mol. The topological polar surface area (TPSA) is 32.8 Å². The summed E-state index contributed by atoms with van der Waals surface area (Å²) in [5.41, 5.74) is 25.2. The van der Waals surface area contributed by atoms with Gasteiger partial charge in [0.25, 0.3) is 0 Å². The molecule has 2 aliphatic carbocycles. The summed E-state index contributed by atoms with van der Waals surface area (Å²) in [4.78, 5) is 5.01. The second-order valence-corrected chi connectivity index (χ2v) is 42.4. The molecule has 4 nitrogen and oxygen atoms in total. The Labute approximate surface area is 686 Å². The van der Waals surface area contributed by atoms with E-state index in [-0.39, 0.29) is 10.8 Å². The van der Waals surface area contributed by atoms with Crippen LogP contribution in [0.1, 0.15) is 74.9 Å². The summed E-state index contributed by atoms with van der Waals surface area (Å²) in [5.74, 6) is 0. The van der Waals surface area contributed by atoms with E-state index in [1.54, 1.807) is 0 Å². The van der Waals surface area contributed by atoms with Gasteiger partial charge in [-0.25, -0.2) is 0 Å². The van der Waals surface area contributed by atoms with E-state index in [1.165, 1.54) is 92.1 Å². The molecule has 2 aliphatic rings. The van der Waals surface area contributed by atoms with Gasteiger partial charge in [0.2, 0.25) is 0 Å². The normalized spacial score (nSPS) is 13.0. The zero-order valence-electron chi connectivity index (χ0n) is 67.2. The van der Waals surface area contributed by atoms with Crippen molar-refractivity contribution in [2.75, 3.05) is 9.80 Å². The van der Waals surface area contributed by atoms with Gasteiger partial charge in [-0.1, -0.05) is 376 Å².